The Balaban J connectivity index is 2.14. The predicted octanol–water partition coefficient (Wildman–Crippen LogP) is 1.63. The molecule has 1 fully saturated rings. The van der Waals surface area contributed by atoms with Gasteiger partial charge in [0.1, 0.15) is 0 Å². The van der Waals surface area contributed by atoms with Gasteiger partial charge >= 0.3 is 5.97 Å². The van der Waals surface area contributed by atoms with Crippen LogP contribution in [0.4, 0.5) is 0 Å². The van der Waals surface area contributed by atoms with E-state index in [1.54, 1.807) is 18.2 Å². The van der Waals surface area contributed by atoms with Crippen molar-refractivity contribution in [3.8, 4) is 0 Å². The number of hydrogen-bond donors (Lipinski definition) is 2. The van der Waals surface area contributed by atoms with Crippen LogP contribution in [0.25, 0.3) is 0 Å². The molecule has 0 saturated heterocycles. The molecule has 0 aromatic heterocycles. The zero-order chi connectivity index (χ0) is 13.1. The quantitative estimate of drug-likeness (QED) is 0.796. The summed E-state index contributed by atoms with van der Waals surface area (Å²) in [6.45, 7) is 0. The zero-order valence-electron chi connectivity index (χ0n) is 10.5. The highest BCUT2D eigenvalue weighted by atomic mass is 16.5. The maximum Gasteiger partial charge on any atom is 0.337 e. The Bertz CT molecular complexity index is 429. The van der Waals surface area contributed by atoms with Crippen LogP contribution in [0.15, 0.2) is 24.3 Å². The van der Waals surface area contributed by atoms with Crippen LogP contribution in [0.3, 0.4) is 0 Å². The summed E-state index contributed by atoms with van der Waals surface area (Å²) in [6.07, 6.45) is 2.69. The van der Waals surface area contributed by atoms with Crippen LogP contribution in [0.1, 0.15) is 41.2 Å². The minimum Gasteiger partial charge on any atom is -0.465 e. The minimum absolute atomic E-state index is 0.293. The number of esters is 1. The highest BCUT2D eigenvalue weighted by Gasteiger charge is 2.30. The normalized spacial score (nSPS) is 18.8. The van der Waals surface area contributed by atoms with Crippen molar-refractivity contribution in [3.63, 3.8) is 0 Å². The number of nitrogens with two attached hydrogens (primary N) is 1. The van der Waals surface area contributed by atoms with Crippen molar-refractivity contribution < 1.29 is 14.6 Å². The monoisotopic (exact) mass is 249 g/mol. The summed E-state index contributed by atoms with van der Waals surface area (Å²) in [6, 6.07) is 6.52. The van der Waals surface area contributed by atoms with Gasteiger partial charge < -0.3 is 15.6 Å². The lowest BCUT2D eigenvalue weighted by Crippen LogP contribution is -2.36. The van der Waals surface area contributed by atoms with Gasteiger partial charge in [-0.1, -0.05) is 18.6 Å². The first-order valence-corrected chi connectivity index (χ1v) is 6.25. The Labute approximate surface area is 107 Å². The molecule has 0 heterocycles. The van der Waals surface area contributed by atoms with Gasteiger partial charge in [0.05, 0.1) is 24.8 Å². The van der Waals surface area contributed by atoms with Crippen molar-refractivity contribution in [1.82, 2.24) is 0 Å². The van der Waals surface area contributed by atoms with Gasteiger partial charge in [0.2, 0.25) is 0 Å². The fourth-order valence-electron chi connectivity index (χ4n) is 2.26. The number of methoxy groups -OCH3 is 1. The molecular weight excluding hydrogens is 230 g/mol. The fraction of sp³-hybridized carbons (Fsp3) is 0.500. The topological polar surface area (TPSA) is 72.5 Å². The number of aliphatic hydroxyl groups excluding tert-OH is 1. The molecule has 0 radical (unpaired) electrons. The number of rotatable bonds is 4. The van der Waals surface area contributed by atoms with Gasteiger partial charge in [0.15, 0.2) is 0 Å². The lowest BCUT2D eigenvalue weighted by atomic mass is 9.77. The van der Waals surface area contributed by atoms with E-state index in [2.05, 4.69) is 4.74 Å². The van der Waals surface area contributed by atoms with Crippen molar-refractivity contribution in [2.45, 2.75) is 31.4 Å². The van der Waals surface area contributed by atoms with E-state index in [1.807, 2.05) is 6.07 Å². The average molecular weight is 249 g/mol. The van der Waals surface area contributed by atoms with Crippen LogP contribution in [-0.4, -0.2) is 24.3 Å². The van der Waals surface area contributed by atoms with Crippen LogP contribution < -0.4 is 5.73 Å². The maximum atomic E-state index is 11.4. The summed E-state index contributed by atoms with van der Waals surface area (Å²) in [5, 5.41) is 10.1. The largest absolute Gasteiger partial charge is 0.465 e. The number of carbonyl (C=O) groups excluding carboxylic acids is 1. The maximum absolute atomic E-state index is 11.4. The molecule has 1 aromatic carbocycles. The van der Waals surface area contributed by atoms with Crippen molar-refractivity contribution in [1.29, 1.82) is 0 Å². The molecule has 1 saturated carbocycles. The highest BCUT2D eigenvalue weighted by molar-refractivity contribution is 5.89. The third kappa shape index (κ3) is 2.54. The molecule has 0 aliphatic heterocycles. The Morgan fingerprint density at radius 1 is 1.50 bits per heavy atom. The second-order valence-electron chi connectivity index (χ2n) is 4.82. The third-order valence-corrected chi connectivity index (χ3v) is 3.69. The van der Waals surface area contributed by atoms with Crippen LogP contribution in [0, 0.1) is 5.92 Å². The van der Waals surface area contributed by atoms with E-state index in [-0.39, 0.29) is 5.97 Å². The van der Waals surface area contributed by atoms with E-state index < -0.39 is 12.1 Å². The summed E-state index contributed by atoms with van der Waals surface area (Å²) in [7, 11) is 1.35. The van der Waals surface area contributed by atoms with Crippen molar-refractivity contribution >= 4 is 5.97 Å². The van der Waals surface area contributed by atoms with Crippen LogP contribution in [-0.2, 0) is 4.74 Å². The van der Waals surface area contributed by atoms with Crippen molar-refractivity contribution in [2.24, 2.45) is 11.7 Å². The summed E-state index contributed by atoms with van der Waals surface area (Å²) < 4.78 is 4.67. The number of carbonyl (C=O) groups is 1. The molecule has 0 unspecified atom stereocenters. The van der Waals surface area contributed by atoms with Gasteiger partial charge in [-0.05, 0) is 36.5 Å². The molecule has 4 heteroatoms. The first-order valence-electron chi connectivity index (χ1n) is 6.25. The predicted molar refractivity (Wildman–Crippen MR) is 68.1 cm³/mol. The Morgan fingerprint density at radius 3 is 2.78 bits per heavy atom. The van der Waals surface area contributed by atoms with E-state index in [0.717, 1.165) is 24.8 Å². The molecule has 0 spiro atoms. The Kier molecular flexibility index (Phi) is 3.99. The van der Waals surface area contributed by atoms with Crippen molar-refractivity contribution in [3.05, 3.63) is 35.4 Å². The first kappa shape index (κ1) is 13.1. The fourth-order valence-corrected chi connectivity index (χ4v) is 2.26. The summed E-state index contributed by atoms with van der Waals surface area (Å²) >= 11 is 0. The number of benzene rings is 1. The van der Waals surface area contributed by atoms with E-state index >= 15 is 0 Å². The number of ether oxygens (including phenoxy) is 1. The molecule has 2 atom stereocenters. The number of aliphatic hydroxyl groups is 1. The summed E-state index contributed by atoms with van der Waals surface area (Å²) in [4.78, 5) is 11.4. The van der Waals surface area contributed by atoms with Crippen molar-refractivity contribution in [2.75, 3.05) is 7.11 Å². The molecule has 0 amide bonds. The second-order valence-corrected chi connectivity index (χ2v) is 4.82. The van der Waals surface area contributed by atoms with E-state index in [1.165, 1.54) is 7.11 Å². The molecule has 18 heavy (non-hydrogen) atoms. The van der Waals surface area contributed by atoms with Gasteiger partial charge in [-0.2, -0.15) is 0 Å². The Morgan fingerprint density at radius 2 is 2.22 bits per heavy atom. The molecule has 4 nitrogen and oxygen atoms in total. The molecule has 1 aromatic rings. The van der Waals surface area contributed by atoms with Crippen LogP contribution >= 0.6 is 0 Å². The van der Waals surface area contributed by atoms with Crippen LogP contribution in [0.5, 0.6) is 0 Å². The molecule has 1 aliphatic rings. The van der Waals surface area contributed by atoms with Gasteiger partial charge in [-0.3, -0.25) is 0 Å². The van der Waals surface area contributed by atoms with E-state index in [4.69, 9.17) is 5.73 Å². The smallest absolute Gasteiger partial charge is 0.337 e. The molecule has 2 rings (SSSR count). The van der Waals surface area contributed by atoms with Gasteiger partial charge in [0, 0.05) is 0 Å². The zero-order valence-corrected chi connectivity index (χ0v) is 10.5. The Hall–Kier alpha value is -1.39. The van der Waals surface area contributed by atoms with Crippen LogP contribution in [0.2, 0.25) is 0 Å². The number of hydrogen-bond acceptors (Lipinski definition) is 4. The third-order valence-electron chi connectivity index (χ3n) is 3.69. The molecule has 1 aliphatic carbocycles. The molecule has 0 bridgehead atoms. The van der Waals surface area contributed by atoms with E-state index in [9.17, 15) is 9.90 Å². The molecular formula is C14H19NO3. The average Bonchev–Trinajstić information content (AvgIpc) is 2.35. The van der Waals surface area contributed by atoms with Gasteiger partial charge in [-0.15, -0.1) is 0 Å². The molecule has 3 N–H and O–H groups in total. The first-order chi connectivity index (χ1) is 8.63. The summed E-state index contributed by atoms with van der Waals surface area (Å²) in [5.74, 6) is -0.0935. The second kappa shape index (κ2) is 5.50. The van der Waals surface area contributed by atoms with Gasteiger partial charge in [0.25, 0.3) is 0 Å². The lowest BCUT2D eigenvalue weighted by Gasteiger charge is -2.33. The minimum atomic E-state index is -0.536. The summed E-state index contributed by atoms with van der Waals surface area (Å²) in [5.41, 5.74) is 7.30. The SMILES string of the molecule is COC(=O)c1cccc([C@H](N)[C@H](O)C2CCC2)c1. The highest BCUT2D eigenvalue weighted by Crippen LogP contribution is 2.34. The lowest BCUT2D eigenvalue weighted by molar-refractivity contribution is 0.0412. The molecule has 98 valence electrons. The van der Waals surface area contributed by atoms with Gasteiger partial charge in [-0.25, -0.2) is 4.79 Å². The van der Waals surface area contributed by atoms with E-state index in [0.29, 0.717) is 11.5 Å². The standard InChI is InChI=1S/C14H19NO3/c1-18-14(17)11-7-3-6-10(8-11)12(15)13(16)9-4-2-5-9/h3,6-9,12-13,16H,2,4-5,15H2,1H3/t12-,13+/m0/s1.